The molecule has 2 aliphatic rings. The Hall–Kier alpha value is -0.0800. The molecule has 0 aromatic heterocycles. The largest absolute Gasteiger partial charge is 0.311 e. The SMILES string of the molecule is CCCC1CNC(C2CCCCC2)CN1CCCC(C)C. The minimum atomic E-state index is 0.775. The van der Waals surface area contributed by atoms with Crippen molar-refractivity contribution in [2.24, 2.45) is 11.8 Å². The molecule has 1 N–H and O–H groups in total. The maximum Gasteiger partial charge on any atom is 0.0224 e. The summed E-state index contributed by atoms with van der Waals surface area (Å²) < 4.78 is 0. The van der Waals surface area contributed by atoms with E-state index in [0.717, 1.165) is 23.9 Å². The van der Waals surface area contributed by atoms with Crippen molar-refractivity contribution in [1.82, 2.24) is 10.2 Å². The molecule has 0 spiro atoms. The van der Waals surface area contributed by atoms with Gasteiger partial charge in [0.1, 0.15) is 0 Å². The van der Waals surface area contributed by atoms with Gasteiger partial charge in [0.15, 0.2) is 0 Å². The summed E-state index contributed by atoms with van der Waals surface area (Å²) in [7, 11) is 0. The maximum absolute atomic E-state index is 3.91. The summed E-state index contributed by atoms with van der Waals surface area (Å²) >= 11 is 0. The van der Waals surface area contributed by atoms with Crippen LogP contribution in [0.25, 0.3) is 0 Å². The van der Waals surface area contributed by atoms with E-state index in [-0.39, 0.29) is 0 Å². The fourth-order valence-electron chi connectivity index (χ4n) is 4.33. The molecule has 1 aliphatic heterocycles. The van der Waals surface area contributed by atoms with E-state index >= 15 is 0 Å². The number of nitrogens with one attached hydrogen (secondary N) is 1. The van der Waals surface area contributed by atoms with Crippen molar-refractivity contribution < 1.29 is 0 Å². The Kier molecular flexibility index (Phi) is 7.53. The van der Waals surface area contributed by atoms with Crippen molar-refractivity contribution in [3.63, 3.8) is 0 Å². The van der Waals surface area contributed by atoms with E-state index in [1.165, 1.54) is 77.4 Å². The molecule has 0 amide bonds. The van der Waals surface area contributed by atoms with Gasteiger partial charge in [-0.2, -0.15) is 0 Å². The van der Waals surface area contributed by atoms with Gasteiger partial charge in [0.2, 0.25) is 0 Å². The lowest BCUT2D eigenvalue weighted by molar-refractivity contribution is 0.0883. The quantitative estimate of drug-likeness (QED) is 0.746. The Bertz CT molecular complexity index is 271. The fraction of sp³-hybridized carbons (Fsp3) is 1.00. The highest BCUT2D eigenvalue weighted by Crippen LogP contribution is 2.29. The molecule has 0 aromatic rings. The summed E-state index contributed by atoms with van der Waals surface area (Å²) in [5, 5.41) is 3.91. The summed E-state index contributed by atoms with van der Waals surface area (Å²) in [6.45, 7) is 10.9. The molecule has 2 rings (SSSR count). The summed E-state index contributed by atoms with van der Waals surface area (Å²) in [5.74, 6) is 1.81. The Labute approximate surface area is 133 Å². The number of nitrogens with zero attached hydrogens (tertiary/aromatic N) is 1. The van der Waals surface area contributed by atoms with E-state index in [2.05, 4.69) is 31.0 Å². The second kappa shape index (κ2) is 9.15. The molecule has 0 radical (unpaired) electrons. The second-order valence-corrected chi connectivity index (χ2v) is 7.89. The molecule has 1 saturated carbocycles. The van der Waals surface area contributed by atoms with Crippen LogP contribution in [0.3, 0.4) is 0 Å². The maximum atomic E-state index is 3.91. The van der Waals surface area contributed by atoms with E-state index in [1.807, 2.05) is 0 Å². The molecule has 0 bridgehead atoms. The van der Waals surface area contributed by atoms with Crippen LogP contribution in [0.4, 0.5) is 0 Å². The lowest BCUT2D eigenvalue weighted by atomic mass is 9.82. The van der Waals surface area contributed by atoms with Crippen molar-refractivity contribution in [2.45, 2.75) is 90.6 Å². The minimum Gasteiger partial charge on any atom is -0.311 e. The molecule has 2 unspecified atom stereocenters. The first-order valence-corrected chi connectivity index (χ1v) is 9.68. The predicted octanol–water partition coefficient (Wildman–Crippen LogP) is 4.45. The first-order chi connectivity index (χ1) is 10.2. The second-order valence-electron chi connectivity index (χ2n) is 7.89. The third kappa shape index (κ3) is 5.56. The molecule has 1 saturated heterocycles. The molecule has 2 heteroatoms. The van der Waals surface area contributed by atoms with Crippen LogP contribution in [0.15, 0.2) is 0 Å². The third-order valence-electron chi connectivity index (χ3n) is 5.63. The van der Waals surface area contributed by atoms with Gasteiger partial charge < -0.3 is 5.32 Å². The van der Waals surface area contributed by atoms with E-state index < -0.39 is 0 Å². The van der Waals surface area contributed by atoms with Crippen LogP contribution in [-0.4, -0.2) is 36.6 Å². The van der Waals surface area contributed by atoms with Crippen LogP contribution in [0.5, 0.6) is 0 Å². The molecule has 1 aliphatic carbocycles. The molecule has 2 atom stereocenters. The summed E-state index contributed by atoms with van der Waals surface area (Å²) in [6, 6.07) is 1.57. The highest BCUT2D eigenvalue weighted by Gasteiger charge is 2.32. The van der Waals surface area contributed by atoms with E-state index in [9.17, 15) is 0 Å². The zero-order valence-electron chi connectivity index (χ0n) is 14.7. The summed E-state index contributed by atoms with van der Waals surface area (Å²) in [4.78, 5) is 2.83. The third-order valence-corrected chi connectivity index (χ3v) is 5.63. The van der Waals surface area contributed by atoms with Crippen LogP contribution in [-0.2, 0) is 0 Å². The highest BCUT2D eigenvalue weighted by atomic mass is 15.2. The minimum absolute atomic E-state index is 0.775. The average molecular weight is 295 g/mol. The molecule has 2 nitrogen and oxygen atoms in total. The Morgan fingerprint density at radius 1 is 1.14 bits per heavy atom. The van der Waals surface area contributed by atoms with Gasteiger partial charge in [0.05, 0.1) is 0 Å². The smallest absolute Gasteiger partial charge is 0.0224 e. The van der Waals surface area contributed by atoms with Crippen LogP contribution >= 0.6 is 0 Å². The van der Waals surface area contributed by atoms with Gasteiger partial charge in [-0.25, -0.2) is 0 Å². The first-order valence-electron chi connectivity index (χ1n) is 9.68. The van der Waals surface area contributed by atoms with Crippen LogP contribution in [0.2, 0.25) is 0 Å². The predicted molar refractivity (Wildman–Crippen MR) is 92.7 cm³/mol. The average Bonchev–Trinajstić information content (AvgIpc) is 2.49. The molecule has 2 fully saturated rings. The fourth-order valence-corrected chi connectivity index (χ4v) is 4.33. The lowest BCUT2D eigenvalue weighted by Gasteiger charge is -2.44. The first kappa shape index (κ1) is 17.3. The highest BCUT2D eigenvalue weighted by molar-refractivity contribution is 4.90. The monoisotopic (exact) mass is 294 g/mol. The lowest BCUT2D eigenvalue weighted by Crippen LogP contribution is -2.59. The van der Waals surface area contributed by atoms with Gasteiger partial charge in [0, 0.05) is 25.2 Å². The molecule has 0 aromatic carbocycles. The number of piperazine rings is 1. The van der Waals surface area contributed by atoms with Crippen molar-refractivity contribution in [3.05, 3.63) is 0 Å². The van der Waals surface area contributed by atoms with Gasteiger partial charge in [-0.3, -0.25) is 4.90 Å². The Balaban J connectivity index is 1.84. The van der Waals surface area contributed by atoms with Gasteiger partial charge in [-0.1, -0.05) is 46.5 Å². The number of hydrogen-bond donors (Lipinski definition) is 1. The van der Waals surface area contributed by atoms with Crippen LogP contribution in [0.1, 0.15) is 78.6 Å². The molecule has 21 heavy (non-hydrogen) atoms. The topological polar surface area (TPSA) is 15.3 Å². The van der Waals surface area contributed by atoms with Crippen molar-refractivity contribution >= 4 is 0 Å². The molecule has 124 valence electrons. The van der Waals surface area contributed by atoms with E-state index in [0.29, 0.717) is 0 Å². The summed E-state index contributed by atoms with van der Waals surface area (Å²) in [6.07, 6.45) is 12.8. The Morgan fingerprint density at radius 2 is 1.90 bits per heavy atom. The zero-order valence-corrected chi connectivity index (χ0v) is 14.7. The summed E-state index contributed by atoms with van der Waals surface area (Å²) in [5.41, 5.74) is 0. The van der Waals surface area contributed by atoms with Gasteiger partial charge in [-0.05, 0) is 50.5 Å². The van der Waals surface area contributed by atoms with E-state index in [4.69, 9.17) is 0 Å². The standard InChI is InChI=1S/C19H38N2/c1-4-9-18-14-20-19(17-11-6-5-7-12-17)15-21(18)13-8-10-16(2)3/h16-20H,4-15H2,1-3H3. The van der Waals surface area contributed by atoms with E-state index in [1.54, 1.807) is 0 Å². The number of hydrogen-bond acceptors (Lipinski definition) is 2. The van der Waals surface area contributed by atoms with Crippen molar-refractivity contribution in [2.75, 3.05) is 19.6 Å². The van der Waals surface area contributed by atoms with Gasteiger partial charge in [-0.15, -0.1) is 0 Å². The zero-order chi connectivity index (χ0) is 15.1. The van der Waals surface area contributed by atoms with Gasteiger partial charge in [0.25, 0.3) is 0 Å². The Morgan fingerprint density at radius 3 is 2.57 bits per heavy atom. The molecular formula is C19H38N2. The molecule has 1 heterocycles. The molecular weight excluding hydrogens is 256 g/mol. The number of rotatable bonds is 7. The van der Waals surface area contributed by atoms with Crippen molar-refractivity contribution in [1.29, 1.82) is 0 Å². The van der Waals surface area contributed by atoms with Crippen LogP contribution < -0.4 is 5.32 Å². The van der Waals surface area contributed by atoms with Crippen LogP contribution in [0, 0.1) is 11.8 Å². The normalized spacial score (nSPS) is 29.1. The van der Waals surface area contributed by atoms with Crippen molar-refractivity contribution in [3.8, 4) is 0 Å². The van der Waals surface area contributed by atoms with Gasteiger partial charge >= 0.3 is 0 Å².